The minimum Gasteiger partial charge on any atom is -0.282 e. The molecule has 0 saturated heterocycles. The molecule has 0 amide bonds. The van der Waals surface area contributed by atoms with Gasteiger partial charge >= 0.3 is 5.38 Å². The van der Waals surface area contributed by atoms with Gasteiger partial charge in [-0.15, -0.1) is 10.2 Å². The van der Waals surface area contributed by atoms with Crippen molar-refractivity contribution >= 4 is 30.2 Å². The van der Waals surface area contributed by atoms with Crippen molar-refractivity contribution in [1.29, 1.82) is 0 Å². The molecule has 1 atom stereocenters. The van der Waals surface area contributed by atoms with Crippen LogP contribution in [-0.2, 0) is 5.38 Å². The molecule has 2 aromatic rings. The highest BCUT2D eigenvalue weighted by Gasteiger charge is 2.57. The number of hydrogen-bond acceptors (Lipinski definition) is 3. The topological polar surface area (TPSA) is 43.1 Å². The lowest BCUT2D eigenvalue weighted by molar-refractivity contribution is 0.0827. The number of benzene rings is 1. The quantitative estimate of drug-likeness (QED) is 0.414. The second-order valence-electron chi connectivity index (χ2n) is 6.20. The standard InChI is InChI=1S/C17H15ClF4N4/c1-9-6-11(13-7-16(13,19)20)4-5-12(9)14(23-3)8-26-10(2)24-25-15(26)17(18,21)22/h4-6,8,13H,3,7H2,1-2H3/b14-8-. The Bertz CT molecular complexity index is 899. The van der Waals surface area contributed by atoms with E-state index >= 15 is 0 Å². The third kappa shape index (κ3) is 3.38. The first-order valence-corrected chi connectivity index (χ1v) is 8.08. The van der Waals surface area contributed by atoms with Crippen LogP contribution in [0.4, 0.5) is 17.6 Å². The Balaban J connectivity index is 2.02. The fraction of sp³-hybridized carbons (Fsp3) is 0.353. The molecule has 1 aromatic carbocycles. The lowest BCUT2D eigenvalue weighted by Crippen LogP contribution is -2.11. The Morgan fingerprint density at radius 2 is 2.04 bits per heavy atom. The smallest absolute Gasteiger partial charge is 0.282 e. The molecule has 1 aromatic heterocycles. The normalized spacial score (nSPS) is 19.5. The van der Waals surface area contributed by atoms with Gasteiger partial charge in [0, 0.05) is 18.2 Å². The Hall–Kier alpha value is -2.22. The number of rotatable bonds is 5. The molecule has 0 N–H and O–H groups in total. The van der Waals surface area contributed by atoms with E-state index in [9.17, 15) is 17.6 Å². The van der Waals surface area contributed by atoms with E-state index in [-0.39, 0.29) is 17.9 Å². The van der Waals surface area contributed by atoms with E-state index in [0.29, 0.717) is 16.7 Å². The highest BCUT2D eigenvalue weighted by atomic mass is 35.5. The summed E-state index contributed by atoms with van der Waals surface area (Å²) in [7, 11) is 0. The number of aliphatic imine (C=N–C) groups is 1. The summed E-state index contributed by atoms with van der Waals surface area (Å²) < 4.78 is 54.5. The molecule has 138 valence electrons. The van der Waals surface area contributed by atoms with E-state index in [1.165, 1.54) is 13.1 Å². The minimum absolute atomic E-state index is 0.164. The van der Waals surface area contributed by atoms with E-state index in [1.807, 2.05) is 0 Å². The largest absolute Gasteiger partial charge is 0.382 e. The Kier molecular flexibility index (Phi) is 4.42. The van der Waals surface area contributed by atoms with Crippen molar-refractivity contribution in [2.75, 3.05) is 0 Å². The highest BCUT2D eigenvalue weighted by molar-refractivity contribution is 6.21. The summed E-state index contributed by atoms with van der Waals surface area (Å²) >= 11 is 5.07. The summed E-state index contributed by atoms with van der Waals surface area (Å²) in [4.78, 5) is 3.88. The van der Waals surface area contributed by atoms with Crippen molar-refractivity contribution in [2.24, 2.45) is 4.99 Å². The fourth-order valence-electron chi connectivity index (χ4n) is 2.80. The molecule has 26 heavy (non-hydrogen) atoms. The second-order valence-corrected chi connectivity index (χ2v) is 6.68. The van der Waals surface area contributed by atoms with Gasteiger partial charge in [-0.2, -0.15) is 8.78 Å². The number of halogens is 5. The maximum atomic E-state index is 13.5. The first kappa shape index (κ1) is 18.6. The molecular weight excluding hydrogens is 372 g/mol. The van der Waals surface area contributed by atoms with E-state index in [0.717, 1.165) is 4.57 Å². The number of aromatic nitrogens is 3. The predicted octanol–water partition coefficient (Wildman–Crippen LogP) is 4.96. The van der Waals surface area contributed by atoms with Gasteiger partial charge in [0.05, 0.1) is 11.6 Å². The minimum atomic E-state index is -3.71. The number of alkyl halides is 5. The van der Waals surface area contributed by atoms with Crippen molar-refractivity contribution in [3.63, 3.8) is 0 Å². The van der Waals surface area contributed by atoms with Crippen molar-refractivity contribution in [3.8, 4) is 0 Å². The van der Waals surface area contributed by atoms with Gasteiger partial charge in [-0.05, 0) is 43.3 Å². The maximum Gasteiger partial charge on any atom is 0.382 e. The van der Waals surface area contributed by atoms with Gasteiger partial charge in [0.15, 0.2) is 0 Å². The summed E-state index contributed by atoms with van der Waals surface area (Å²) in [6.45, 7) is 6.68. The zero-order valence-corrected chi connectivity index (χ0v) is 14.7. The predicted molar refractivity (Wildman–Crippen MR) is 91.7 cm³/mol. The average Bonchev–Trinajstić information content (AvgIpc) is 3.01. The third-order valence-electron chi connectivity index (χ3n) is 4.30. The first-order chi connectivity index (χ1) is 12.0. The lowest BCUT2D eigenvalue weighted by atomic mass is 10.0. The average molecular weight is 387 g/mol. The Morgan fingerprint density at radius 1 is 1.38 bits per heavy atom. The summed E-state index contributed by atoms with van der Waals surface area (Å²) in [6, 6.07) is 4.86. The fourth-order valence-corrected chi connectivity index (χ4v) is 2.93. The zero-order valence-electron chi connectivity index (χ0n) is 14.0. The number of aryl methyl sites for hydroxylation is 2. The van der Waals surface area contributed by atoms with Crippen LogP contribution in [0.3, 0.4) is 0 Å². The molecule has 4 nitrogen and oxygen atoms in total. The third-order valence-corrected chi connectivity index (χ3v) is 4.47. The Morgan fingerprint density at radius 3 is 2.54 bits per heavy atom. The summed E-state index contributed by atoms with van der Waals surface area (Å²) in [5.41, 5.74) is 2.05. The van der Waals surface area contributed by atoms with Crippen molar-refractivity contribution < 1.29 is 17.6 Å². The van der Waals surface area contributed by atoms with Crippen LogP contribution < -0.4 is 0 Å². The molecule has 3 rings (SSSR count). The summed E-state index contributed by atoms with van der Waals surface area (Å²) in [6.07, 6.45) is 1.13. The molecule has 1 unspecified atom stereocenters. The van der Waals surface area contributed by atoms with Gasteiger partial charge in [0.25, 0.3) is 5.92 Å². The molecule has 1 fully saturated rings. The molecule has 0 aliphatic heterocycles. The van der Waals surface area contributed by atoms with E-state index in [2.05, 4.69) is 21.9 Å². The van der Waals surface area contributed by atoms with Crippen molar-refractivity contribution in [1.82, 2.24) is 14.8 Å². The molecule has 0 radical (unpaired) electrons. The molecule has 1 aliphatic rings. The van der Waals surface area contributed by atoms with Crippen LogP contribution in [0.5, 0.6) is 0 Å². The molecule has 1 saturated carbocycles. The molecule has 9 heteroatoms. The number of nitrogens with zero attached hydrogens (tertiary/aromatic N) is 4. The van der Waals surface area contributed by atoms with Gasteiger partial charge in [-0.3, -0.25) is 9.56 Å². The molecule has 1 aliphatic carbocycles. The van der Waals surface area contributed by atoms with Crippen LogP contribution in [0.15, 0.2) is 23.2 Å². The Labute approximate surface area is 152 Å². The maximum absolute atomic E-state index is 13.5. The molecule has 0 bridgehead atoms. The first-order valence-electron chi connectivity index (χ1n) is 7.70. The number of hydrogen-bond donors (Lipinski definition) is 0. The summed E-state index contributed by atoms with van der Waals surface area (Å²) in [5, 5.41) is 3.29. The van der Waals surface area contributed by atoms with Crippen LogP contribution in [0.1, 0.15) is 40.7 Å². The second kappa shape index (κ2) is 6.19. The van der Waals surface area contributed by atoms with Crippen LogP contribution in [0.25, 0.3) is 11.9 Å². The van der Waals surface area contributed by atoms with Gasteiger partial charge in [-0.1, -0.05) is 18.2 Å². The monoisotopic (exact) mass is 386 g/mol. The van der Waals surface area contributed by atoms with E-state index < -0.39 is 23.0 Å². The highest BCUT2D eigenvalue weighted by Crippen LogP contribution is 2.55. The van der Waals surface area contributed by atoms with Gasteiger partial charge in [-0.25, -0.2) is 8.78 Å². The summed E-state index contributed by atoms with van der Waals surface area (Å²) in [5.74, 6) is -4.00. The van der Waals surface area contributed by atoms with Crippen LogP contribution in [-0.4, -0.2) is 27.4 Å². The van der Waals surface area contributed by atoms with Crippen molar-refractivity contribution in [3.05, 3.63) is 46.5 Å². The lowest BCUT2D eigenvalue weighted by Gasteiger charge is -2.12. The van der Waals surface area contributed by atoms with Crippen molar-refractivity contribution in [2.45, 2.75) is 37.5 Å². The molecule has 1 heterocycles. The van der Waals surface area contributed by atoms with Crippen LogP contribution in [0.2, 0.25) is 0 Å². The van der Waals surface area contributed by atoms with E-state index in [1.54, 1.807) is 25.1 Å². The molecule has 0 spiro atoms. The zero-order chi connectivity index (χ0) is 19.3. The van der Waals surface area contributed by atoms with Crippen LogP contribution in [0, 0.1) is 13.8 Å². The SMILES string of the molecule is C=N/C(=C\n1c(C)nnc1C(F)(F)Cl)c1ccc(C2CC2(F)F)cc1C. The van der Waals surface area contributed by atoms with Gasteiger partial charge < -0.3 is 0 Å². The van der Waals surface area contributed by atoms with Crippen LogP contribution >= 0.6 is 11.6 Å². The van der Waals surface area contributed by atoms with Gasteiger partial charge in [0.1, 0.15) is 5.82 Å². The van der Waals surface area contributed by atoms with E-state index in [4.69, 9.17) is 11.6 Å². The molecular formula is C17H15ClF4N4. The van der Waals surface area contributed by atoms with Gasteiger partial charge in [0.2, 0.25) is 5.82 Å².